The Morgan fingerprint density at radius 1 is 1.28 bits per heavy atom. The lowest BCUT2D eigenvalue weighted by Crippen LogP contribution is -2.19. The van der Waals surface area contributed by atoms with E-state index in [1.807, 2.05) is 6.92 Å². The monoisotopic (exact) mass is 270 g/mol. The largest absolute Gasteiger partial charge is 0.496 e. The highest BCUT2D eigenvalue weighted by atomic mass is 32.2. The molecule has 0 heterocycles. The first-order valence-electron chi connectivity index (χ1n) is 5.87. The number of para-hydroxylation sites is 1. The molecule has 0 bridgehead atoms. The maximum atomic E-state index is 11.9. The van der Waals surface area contributed by atoms with Gasteiger partial charge in [-0.15, -0.1) is 0 Å². The number of hydrogen-bond donors (Lipinski definition) is 0. The lowest BCUT2D eigenvalue weighted by atomic mass is 10.1. The number of hydrogen-bond acceptors (Lipinski definition) is 4. The van der Waals surface area contributed by atoms with Gasteiger partial charge < -0.3 is 4.74 Å². The average molecular weight is 270 g/mol. The smallest absolute Gasteiger partial charge is 0.181 e. The van der Waals surface area contributed by atoms with Gasteiger partial charge in [-0.3, -0.25) is 4.79 Å². The van der Waals surface area contributed by atoms with Crippen molar-refractivity contribution in [2.24, 2.45) is 0 Å². The van der Waals surface area contributed by atoms with Crippen LogP contribution in [0.3, 0.4) is 0 Å². The highest BCUT2D eigenvalue weighted by molar-refractivity contribution is 7.92. The summed E-state index contributed by atoms with van der Waals surface area (Å²) < 4.78 is 28.5. The second-order valence-electron chi connectivity index (χ2n) is 4.07. The molecule has 1 rings (SSSR count). The molecule has 0 unspecified atom stereocenters. The van der Waals surface area contributed by atoms with Crippen molar-refractivity contribution in [1.82, 2.24) is 0 Å². The van der Waals surface area contributed by atoms with E-state index in [9.17, 15) is 13.2 Å². The maximum Gasteiger partial charge on any atom is 0.181 e. The van der Waals surface area contributed by atoms with Gasteiger partial charge in [-0.05, 0) is 18.6 Å². The Labute approximate surface area is 108 Å². The van der Waals surface area contributed by atoms with Crippen LogP contribution < -0.4 is 4.74 Å². The number of benzene rings is 1. The van der Waals surface area contributed by atoms with Gasteiger partial charge in [0.25, 0.3) is 0 Å². The third-order valence-electron chi connectivity index (χ3n) is 2.57. The molecule has 0 atom stereocenters. The summed E-state index contributed by atoms with van der Waals surface area (Å²) in [5.74, 6) is -0.394. The van der Waals surface area contributed by atoms with Crippen LogP contribution in [0.25, 0.3) is 0 Å². The van der Waals surface area contributed by atoms with Crippen LogP contribution in [-0.4, -0.2) is 32.8 Å². The third-order valence-corrected chi connectivity index (χ3v) is 4.18. The van der Waals surface area contributed by atoms with Crippen molar-refractivity contribution in [3.05, 3.63) is 29.8 Å². The number of unbranched alkanes of at least 4 members (excludes halogenated alkanes) is 1. The van der Waals surface area contributed by atoms with Crippen molar-refractivity contribution < 1.29 is 17.9 Å². The molecule has 0 saturated heterocycles. The highest BCUT2D eigenvalue weighted by Crippen LogP contribution is 2.18. The van der Waals surface area contributed by atoms with Crippen LogP contribution in [0.1, 0.15) is 30.1 Å². The van der Waals surface area contributed by atoms with Gasteiger partial charge in [0.15, 0.2) is 15.6 Å². The highest BCUT2D eigenvalue weighted by Gasteiger charge is 2.19. The van der Waals surface area contributed by atoms with Gasteiger partial charge in [0.1, 0.15) is 11.5 Å². The third kappa shape index (κ3) is 4.14. The molecule has 0 spiro atoms. The SMILES string of the molecule is CCCCS(=O)(=O)CC(=O)c1ccccc1OC. The fourth-order valence-corrected chi connectivity index (χ4v) is 3.02. The maximum absolute atomic E-state index is 11.9. The number of sulfone groups is 1. The van der Waals surface area contributed by atoms with E-state index in [0.717, 1.165) is 6.42 Å². The molecule has 0 aliphatic carbocycles. The molecule has 0 amide bonds. The molecule has 0 radical (unpaired) electrons. The molecular formula is C13H18O4S. The minimum atomic E-state index is -3.32. The van der Waals surface area contributed by atoms with Gasteiger partial charge in [-0.2, -0.15) is 0 Å². The van der Waals surface area contributed by atoms with Crippen LogP contribution in [0.2, 0.25) is 0 Å². The summed E-state index contributed by atoms with van der Waals surface area (Å²) in [6.45, 7) is 1.91. The summed E-state index contributed by atoms with van der Waals surface area (Å²) in [6, 6.07) is 6.65. The zero-order valence-corrected chi connectivity index (χ0v) is 11.5. The van der Waals surface area contributed by atoms with Crippen LogP contribution in [0.4, 0.5) is 0 Å². The molecule has 100 valence electrons. The minimum Gasteiger partial charge on any atom is -0.496 e. The van der Waals surface area contributed by atoms with Gasteiger partial charge in [-0.25, -0.2) is 8.42 Å². The predicted octanol–water partition coefficient (Wildman–Crippen LogP) is 2.09. The van der Waals surface area contributed by atoms with Gasteiger partial charge in [-0.1, -0.05) is 25.5 Å². The Kier molecular flexibility index (Phi) is 5.34. The van der Waals surface area contributed by atoms with E-state index in [1.54, 1.807) is 24.3 Å². The van der Waals surface area contributed by atoms with Crippen molar-refractivity contribution in [3.8, 4) is 5.75 Å². The molecule has 0 aliphatic heterocycles. The first kappa shape index (κ1) is 14.7. The number of carbonyl (C=O) groups is 1. The summed E-state index contributed by atoms with van der Waals surface area (Å²) in [5, 5.41) is 0. The molecule has 0 aromatic heterocycles. The summed E-state index contributed by atoms with van der Waals surface area (Å²) in [5.41, 5.74) is 0.320. The van der Waals surface area contributed by atoms with E-state index < -0.39 is 21.4 Å². The van der Waals surface area contributed by atoms with Crippen molar-refractivity contribution in [1.29, 1.82) is 0 Å². The van der Waals surface area contributed by atoms with Crippen LogP contribution in [0, 0.1) is 0 Å². The number of ether oxygens (including phenoxy) is 1. The molecule has 5 heteroatoms. The van der Waals surface area contributed by atoms with Gasteiger partial charge in [0.2, 0.25) is 0 Å². The second kappa shape index (κ2) is 6.54. The number of carbonyl (C=O) groups excluding carboxylic acids is 1. The lowest BCUT2D eigenvalue weighted by molar-refractivity contribution is 0.101. The van der Waals surface area contributed by atoms with Crippen molar-refractivity contribution in [2.75, 3.05) is 18.6 Å². The van der Waals surface area contributed by atoms with E-state index in [0.29, 0.717) is 17.7 Å². The zero-order chi connectivity index (χ0) is 13.6. The van der Waals surface area contributed by atoms with Crippen molar-refractivity contribution in [2.45, 2.75) is 19.8 Å². The second-order valence-corrected chi connectivity index (χ2v) is 6.25. The number of Topliss-reactive ketones (excluding diaryl/α,β-unsaturated/α-hetero) is 1. The normalized spacial score (nSPS) is 11.2. The summed E-state index contributed by atoms with van der Waals surface area (Å²) >= 11 is 0. The number of methoxy groups -OCH3 is 1. The summed E-state index contributed by atoms with van der Waals surface area (Å²) in [6.07, 6.45) is 1.38. The molecule has 1 aromatic rings. The fourth-order valence-electron chi connectivity index (χ4n) is 1.59. The quantitative estimate of drug-likeness (QED) is 0.712. The van der Waals surface area contributed by atoms with Gasteiger partial charge in [0.05, 0.1) is 18.4 Å². The molecule has 18 heavy (non-hydrogen) atoms. The predicted molar refractivity (Wildman–Crippen MR) is 70.9 cm³/mol. The van der Waals surface area contributed by atoms with Gasteiger partial charge >= 0.3 is 0 Å². The van der Waals surface area contributed by atoms with E-state index in [4.69, 9.17) is 4.74 Å². The Balaban J connectivity index is 2.82. The van der Waals surface area contributed by atoms with E-state index >= 15 is 0 Å². The first-order valence-corrected chi connectivity index (χ1v) is 7.69. The van der Waals surface area contributed by atoms with Crippen LogP contribution in [0.5, 0.6) is 5.75 Å². The van der Waals surface area contributed by atoms with Crippen LogP contribution in [-0.2, 0) is 9.84 Å². The van der Waals surface area contributed by atoms with Crippen molar-refractivity contribution >= 4 is 15.6 Å². The Morgan fingerprint density at radius 2 is 1.94 bits per heavy atom. The number of rotatable bonds is 7. The van der Waals surface area contributed by atoms with E-state index in [1.165, 1.54) is 7.11 Å². The summed E-state index contributed by atoms with van der Waals surface area (Å²) in [7, 11) is -1.87. The van der Waals surface area contributed by atoms with Crippen LogP contribution in [0.15, 0.2) is 24.3 Å². The van der Waals surface area contributed by atoms with E-state index in [2.05, 4.69) is 0 Å². The fraction of sp³-hybridized carbons (Fsp3) is 0.462. The molecule has 0 N–H and O–H groups in total. The standard InChI is InChI=1S/C13H18O4S/c1-3-4-9-18(15,16)10-12(14)11-7-5-6-8-13(11)17-2/h5-8H,3-4,9-10H2,1-2H3. The molecule has 0 fully saturated rings. The first-order chi connectivity index (χ1) is 8.50. The Hall–Kier alpha value is -1.36. The summed E-state index contributed by atoms with van der Waals surface area (Å²) in [4.78, 5) is 11.9. The Bertz CT molecular complexity index is 505. The molecular weight excluding hydrogens is 252 g/mol. The lowest BCUT2D eigenvalue weighted by Gasteiger charge is -2.07. The van der Waals surface area contributed by atoms with Crippen LogP contribution >= 0.6 is 0 Å². The molecule has 0 aliphatic rings. The van der Waals surface area contributed by atoms with Gasteiger partial charge in [0, 0.05) is 0 Å². The average Bonchev–Trinajstić information content (AvgIpc) is 2.35. The van der Waals surface area contributed by atoms with E-state index in [-0.39, 0.29) is 5.75 Å². The minimum absolute atomic E-state index is 0.0599. The molecule has 1 aromatic carbocycles. The zero-order valence-electron chi connectivity index (χ0n) is 10.7. The molecule has 0 saturated carbocycles. The topological polar surface area (TPSA) is 60.4 Å². The Morgan fingerprint density at radius 3 is 2.56 bits per heavy atom. The van der Waals surface area contributed by atoms with Crippen molar-refractivity contribution in [3.63, 3.8) is 0 Å². The molecule has 4 nitrogen and oxygen atoms in total. The number of ketones is 1.